The predicted octanol–water partition coefficient (Wildman–Crippen LogP) is 5.68. The lowest BCUT2D eigenvalue weighted by Crippen LogP contribution is -2.44. The van der Waals surface area contributed by atoms with Gasteiger partial charge in [0.05, 0.1) is 21.8 Å². The van der Waals surface area contributed by atoms with Crippen LogP contribution in [0.15, 0.2) is 36.4 Å². The minimum Gasteiger partial charge on any atom is -0.490 e. The summed E-state index contributed by atoms with van der Waals surface area (Å²) in [6.45, 7) is 0.535. The number of hydrogen-bond donors (Lipinski definition) is 1. The van der Waals surface area contributed by atoms with Gasteiger partial charge in [0.2, 0.25) is 0 Å². The Labute approximate surface area is 215 Å². The van der Waals surface area contributed by atoms with E-state index in [1.165, 1.54) is 23.5 Å². The van der Waals surface area contributed by atoms with Gasteiger partial charge in [-0.15, -0.1) is 11.3 Å². The van der Waals surface area contributed by atoms with Crippen molar-refractivity contribution in [2.24, 2.45) is 0 Å². The third-order valence-electron chi connectivity index (χ3n) is 6.25. The van der Waals surface area contributed by atoms with Gasteiger partial charge in [0, 0.05) is 23.2 Å². The third-order valence-corrected chi connectivity index (χ3v) is 7.82. The molecule has 2 aliphatic rings. The molecule has 0 radical (unpaired) electrons. The number of ether oxygens (including phenoxy) is 2. The molecule has 2 aromatic carbocycles. The van der Waals surface area contributed by atoms with E-state index in [1.54, 1.807) is 23.1 Å². The molecule has 35 heavy (non-hydrogen) atoms. The van der Waals surface area contributed by atoms with Crippen LogP contribution in [0.2, 0.25) is 10.0 Å². The molecule has 2 amide bonds. The Bertz CT molecular complexity index is 1260. The maximum Gasteiger partial charge on any atom is 0.410 e. The first-order valence-electron chi connectivity index (χ1n) is 11.3. The summed E-state index contributed by atoms with van der Waals surface area (Å²) in [5, 5.41) is 4.09. The molecule has 1 aliphatic carbocycles. The first-order chi connectivity index (χ1) is 16.9. The molecule has 1 unspecified atom stereocenters. The highest BCUT2D eigenvalue weighted by atomic mass is 35.5. The van der Waals surface area contributed by atoms with Crippen LogP contribution in [0.1, 0.15) is 35.5 Å². The van der Waals surface area contributed by atoms with Crippen LogP contribution in [0.3, 0.4) is 0 Å². The van der Waals surface area contributed by atoms with Gasteiger partial charge < -0.3 is 19.7 Å². The lowest BCUT2D eigenvalue weighted by Gasteiger charge is -2.33. The van der Waals surface area contributed by atoms with Crippen molar-refractivity contribution in [3.05, 3.63) is 57.3 Å². The number of cyclic esters (lactones) is 1. The number of aromatic nitrogens is 1. The summed E-state index contributed by atoms with van der Waals surface area (Å²) in [5.74, 6) is -0.429. The molecule has 3 aromatic rings. The average Bonchev–Trinajstić information content (AvgIpc) is 3.43. The molecule has 1 aliphatic heterocycles. The highest BCUT2D eigenvalue weighted by Gasteiger charge is 2.38. The Kier molecular flexibility index (Phi) is 7.00. The number of rotatable bonds is 6. The van der Waals surface area contributed by atoms with Gasteiger partial charge >= 0.3 is 6.09 Å². The monoisotopic (exact) mass is 537 g/mol. The van der Waals surface area contributed by atoms with Crippen molar-refractivity contribution in [1.29, 1.82) is 0 Å². The van der Waals surface area contributed by atoms with Crippen molar-refractivity contribution >= 4 is 56.8 Å². The number of benzene rings is 2. The summed E-state index contributed by atoms with van der Waals surface area (Å²) in [6.07, 6.45) is 2.20. The van der Waals surface area contributed by atoms with Gasteiger partial charge in [-0.25, -0.2) is 14.2 Å². The van der Waals surface area contributed by atoms with E-state index < -0.39 is 11.9 Å². The van der Waals surface area contributed by atoms with E-state index in [9.17, 15) is 14.0 Å². The molecule has 1 saturated heterocycles. The van der Waals surface area contributed by atoms with Gasteiger partial charge in [-0.05, 0) is 56.0 Å². The van der Waals surface area contributed by atoms with Crippen LogP contribution in [-0.4, -0.2) is 53.2 Å². The molecular formula is C24H22Cl2FN3O4S. The standard InChI is InChI=1S/C24H22Cl2FN3O4S/c25-13-1-8-21-20(9-13)29-23(35-21)22(31)28-14-2-4-15(5-3-14)30-11-17(34-24(30)32)12-33-16-6-7-18(26)19(27)10-16/h1,6-10,14-15,17H,2-5,11-12H2,(H,28,31)/t14-,15-,17?. The fourth-order valence-electron chi connectivity index (χ4n) is 4.46. The molecule has 11 heteroatoms. The Morgan fingerprint density at radius 3 is 2.77 bits per heavy atom. The fourth-order valence-corrected chi connectivity index (χ4v) is 5.59. The van der Waals surface area contributed by atoms with Gasteiger partial charge in [-0.2, -0.15) is 0 Å². The summed E-state index contributed by atoms with van der Waals surface area (Å²) in [6, 6.07) is 9.64. The first-order valence-corrected chi connectivity index (χ1v) is 12.8. The van der Waals surface area contributed by atoms with Crippen LogP contribution in [0.25, 0.3) is 10.2 Å². The Morgan fingerprint density at radius 1 is 1.20 bits per heavy atom. The second kappa shape index (κ2) is 10.2. The summed E-state index contributed by atoms with van der Waals surface area (Å²) < 4.78 is 25.5. The second-order valence-electron chi connectivity index (χ2n) is 8.66. The maximum atomic E-state index is 13.6. The SMILES string of the molecule is O=C(N[C@H]1CC[C@H](N2CC(COc3ccc(Cl)c(F)c3)OC2=O)CC1)c1nc2cc(Cl)ccc2s1. The van der Waals surface area contributed by atoms with E-state index in [-0.39, 0.29) is 35.7 Å². The number of halogens is 3. The number of carbonyl (C=O) groups excluding carboxylic acids is 2. The maximum absolute atomic E-state index is 13.6. The number of carbonyl (C=O) groups is 2. The fraction of sp³-hybridized carbons (Fsp3) is 0.375. The molecule has 1 saturated carbocycles. The van der Waals surface area contributed by atoms with Crippen molar-refractivity contribution in [2.45, 2.75) is 43.9 Å². The number of amides is 2. The van der Waals surface area contributed by atoms with Crippen molar-refractivity contribution in [3.63, 3.8) is 0 Å². The number of thiazole rings is 1. The molecular weight excluding hydrogens is 516 g/mol. The molecule has 184 valence electrons. The molecule has 0 spiro atoms. The smallest absolute Gasteiger partial charge is 0.410 e. The van der Waals surface area contributed by atoms with Crippen molar-refractivity contribution in [2.75, 3.05) is 13.2 Å². The lowest BCUT2D eigenvalue weighted by atomic mass is 9.90. The number of nitrogens with one attached hydrogen (secondary N) is 1. The zero-order chi connectivity index (χ0) is 24.5. The molecule has 1 aromatic heterocycles. The van der Waals surface area contributed by atoms with Gasteiger partial charge in [-0.3, -0.25) is 4.79 Å². The Balaban J connectivity index is 1.10. The van der Waals surface area contributed by atoms with Crippen LogP contribution >= 0.6 is 34.5 Å². The molecule has 1 atom stereocenters. The normalized spacial score (nSPS) is 22.3. The minimum atomic E-state index is -0.564. The van der Waals surface area contributed by atoms with E-state index in [0.717, 1.165) is 30.4 Å². The molecule has 2 heterocycles. The summed E-state index contributed by atoms with van der Waals surface area (Å²) >= 11 is 13.0. The molecule has 7 nitrogen and oxygen atoms in total. The van der Waals surface area contributed by atoms with Crippen LogP contribution in [0.4, 0.5) is 9.18 Å². The number of fused-ring (bicyclic) bond motifs is 1. The summed E-state index contributed by atoms with van der Waals surface area (Å²) in [5.41, 5.74) is 0.712. The molecule has 1 N–H and O–H groups in total. The van der Waals surface area contributed by atoms with Crippen molar-refractivity contribution < 1.29 is 23.5 Å². The number of nitrogens with zero attached hydrogens (tertiary/aromatic N) is 2. The zero-order valence-corrected chi connectivity index (χ0v) is 20.8. The van der Waals surface area contributed by atoms with E-state index >= 15 is 0 Å². The third kappa shape index (κ3) is 5.47. The Morgan fingerprint density at radius 2 is 2.00 bits per heavy atom. The van der Waals surface area contributed by atoms with Crippen LogP contribution in [-0.2, 0) is 4.74 Å². The van der Waals surface area contributed by atoms with Gasteiger partial charge in [0.25, 0.3) is 5.91 Å². The first kappa shape index (κ1) is 24.1. The van der Waals surface area contributed by atoms with Crippen LogP contribution in [0, 0.1) is 5.82 Å². The van der Waals surface area contributed by atoms with Crippen LogP contribution < -0.4 is 10.1 Å². The lowest BCUT2D eigenvalue weighted by molar-refractivity contribution is 0.0904. The quantitative estimate of drug-likeness (QED) is 0.437. The van der Waals surface area contributed by atoms with E-state index in [2.05, 4.69) is 10.3 Å². The zero-order valence-electron chi connectivity index (χ0n) is 18.5. The van der Waals surface area contributed by atoms with Gasteiger partial charge in [-0.1, -0.05) is 23.2 Å². The molecule has 0 bridgehead atoms. The minimum absolute atomic E-state index is 0.0203. The largest absolute Gasteiger partial charge is 0.490 e. The van der Waals surface area contributed by atoms with E-state index in [0.29, 0.717) is 27.8 Å². The highest BCUT2D eigenvalue weighted by Crippen LogP contribution is 2.29. The van der Waals surface area contributed by atoms with E-state index in [4.69, 9.17) is 32.7 Å². The van der Waals surface area contributed by atoms with Crippen LogP contribution in [0.5, 0.6) is 5.75 Å². The second-order valence-corrected chi connectivity index (χ2v) is 10.5. The van der Waals surface area contributed by atoms with Gasteiger partial charge in [0.15, 0.2) is 11.1 Å². The Hall–Kier alpha value is -2.62. The highest BCUT2D eigenvalue weighted by molar-refractivity contribution is 7.20. The van der Waals surface area contributed by atoms with E-state index in [1.807, 2.05) is 6.07 Å². The summed E-state index contributed by atoms with van der Waals surface area (Å²) in [7, 11) is 0. The number of hydrogen-bond acceptors (Lipinski definition) is 6. The van der Waals surface area contributed by atoms with Gasteiger partial charge in [0.1, 0.15) is 18.2 Å². The molecule has 5 rings (SSSR count). The predicted molar refractivity (Wildman–Crippen MR) is 132 cm³/mol. The van der Waals surface area contributed by atoms with Crippen molar-refractivity contribution in [1.82, 2.24) is 15.2 Å². The average molecular weight is 538 g/mol. The topological polar surface area (TPSA) is 80.8 Å². The summed E-state index contributed by atoms with van der Waals surface area (Å²) in [4.78, 5) is 31.3. The van der Waals surface area contributed by atoms with Crippen molar-refractivity contribution in [3.8, 4) is 5.75 Å². The molecule has 2 fully saturated rings.